The molecular formula is C28H32N4O3. The minimum absolute atomic E-state index is 0.0317. The molecule has 1 spiro atoms. The van der Waals surface area contributed by atoms with Crippen molar-refractivity contribution in [2.24, 2.45) is 0 Å². The highest BCUT2D eigenvalue weighted by molar-refractivity contribution is 6.15. The minimum atomic E-state index is -0.592. The topological polar surface area (TPSA) is 81.8 Å². The minimum Gasteiger partial charge on any atom is -0.388 e. The molecule has 4 aliphatic rings. The summed E-state index contributed by atoms with van der Waals surface area (Å²) in [6.07, 6.45) is 4.63. The third-order valence-electron chi connectivity index (χ3n) is 8.40. The Bertz CT molecular complexity index is 1180. The van der Waals surface area contributed by atoms with E-state index in [4.69, 9.17) is 0 Å². The fourth-order valence-electron chi connectivity index (χ4n) is 6.18. The standard InChI is InChI=1S/C28H32N4O3/c1-29-21-5-3-19(4-6-21)20-10-14-31(15-11-20)17-18-2-7-23-22(16-18)28(12-13-28)27(35)32(23)24-8-9-25(33)30-26(24)34/h2-7,16,20,24,29H,8-15,17H2,1H3,(H,30,33,34). The molecule has 182 valence electrons. The van der Waals surface area contributed by atoms with Crippen molar-refractivity contribution >= 4 is 29.1 Å². The van der Waals surface area contributed by atoms with Crippen LogP contribution in [0.4, 0.5) is 11.4 Å². The number of anilines is 2. The lowest BCUT2D eigenvalue weighted by atomic mass is 9.89. The van der Waals surface area contributed by atoms with Gasteiger partial charge in [-0.2, -0.15) is 0 Å². The molecule has 7 nitrogen and oxygen atoms in total. The molecule has 2 saturated heterocycles. The van der Waals surface area contributed by atoms with E-state index in [2.05, 4.69) is 51.9 Å². The Morgan fingerprint density at radius 2 is 1.74 bits per heavy atom. The largest absolute Gasteiger partial charge is 0.388 e. The van der Waals surface area contributed by atoms with Gasteiger partial charge in [0.15, 0.2) is 0 Å². The zero-order valence-corrected chi connectivity index (χ0v) is 20.2. The number of hydrogen-bond acceptors (Lipinski definition) is 5. The number of fused-ring (bicyclic) bond motifs is 2. The first-order valence-corrected chi connectivity index (χ1v) is 12.8. The number of hydrogen-bond donors (Lipinski definition) is 2. The Morgan fingerprint density at radius 1 is 1.00 bits per heavy atom. The maximum atomic E-state index is 13.4. The summed E-state index contributed by atoms with van der Waals surface area (Å²) in [6.45, 7) is 2.99. The van der Waals surface area contributed by atoms with Crippen LogP contribution in [0.1, 0.15) is 61.1 Å². The molecule has 1 saturated carbocycles. The number of piperidine rings is 2. The number of carbonyl (C=O) groups excluding carboxylic acids is 3. The molecule has 3 heterocycles. The van der Waals surface area contributed by atoms with E-state index in [0.717, 1.165) is 62.3 Å². The van der Waals surface area contributed by atoms with E-state index >= 15 is 0 Å². The van der Waals surface area contributed by atoms with Crippen LogP contribution in [0.2, 0.25) is 0 Å². The van der Waals surface area contributed by atoms with Gasteiger partial charge in [-0.3, -0.25) is 29.5 Å². The molecule has 6 rings (SSSR count). The van der Waals surface area contributed by atoms with Crippen molar-refractivity contribution in [2.75, 3.05) is 30.4 Å². The Balaban J connectivity index is 1.15. The highest BCUT2D eigenvalue weighted by atomic mass is 16.2. The van der Waals surface area contributed by atoms with Crippen LogP contribution in [0.5, 0.6) is 0 Å². The molecule has 3 amide bonds. The molecule has 35 heavy (non-hydrogen) atoms. The molecule has 1 unspecified atom stereocenters. The number of amides is 3. The SMILES string of the molecule is CNc1ccc(C2CCN(Cc3ccc4c(c3)C3(CC3)C(=O)N4C3CCC(=O)NC3=O)CC2)cc1. The van der Waals surface area contributed by atoms with E-state index in [-0.39, 0.29) is 24.1 Å². The van der Waals surface area contributed by atoms with Crippen molar-refractivity contribution in [3.05, 3.63) is 59.2 Å². The molecule has 3 fully saturated rings. The van der Waals surface area contributed by atoms with Crippen molar-refractivity contribution in [1.29, 1.82) is 0 Å². The Kier molecular flexibility index (Phi) is 5.40. The van der Waals surface area contributed by atoms with E-state index in [9.17, 15) is 14.4 Å². The van der Waals surface area contributed by atoms with E-state index in [1.807, 2.05) is 13.1 Å². The van der Waals surface area contributed by atoms with Crippen molar-refractivity contribution in [3.63, 3.8) is 0 Å². The quantitative estimate of drug-likeness (QED) is 0.653. The Morgan fingerprint density at radius 3 is 2.40 bits per heavy atom. The maximum absolute atomic E-state index is 13.4. The van der Waals surface area contributed by atoms with Crippen molar-refractivity contribution < 1.29 is 14.4 Å². The number of carbonyl (C=O) groups is 3. The summed E-state index contributed by atoms with van der Waals surface area (Å²) in [5.41, 5.74) is 5.26. The number of imide groups is 1. The van der Waals surface area contributed by atoms with E-state index in [1.165, 1.54) is 11.1 Å². The molecule has 2 N–H and O–H groups in total. The average Bonchev–Trinajstić information content (AvgIpc) is 3.65. The van der Waals surface area contributed by atoms with Crippen LogP contribution in [0.25, 0.3) is 0 Å². The van der Waals surface area contributed by atoms with Crippen LogP contribution in [0.15, 0.2) is 42.5 Å². The number of likely N-dealkylation sites (tertiary alicyclic amines) is 1. The van der Waals surface area contributed by atoms with Gasteiger partial charge in [-0.25, -0.2) is 0 Å². The summed E-state index contributed by atoms with van der Waals surface area (Å²) in [5.74, 6) is 0.0232. The number of nitrogens with zero attached hydrogens (tertiary/aromatic N) is 2. The second-order valence-corrected chi connectivity index (χ2v) is 10.5. The summed E-state index contributed by atoms with van der Waals surface area (Å²) in [6, 6.07) is 14.5. The van der Waals surface area contributed by atoms with E-state index in [0.29, 0.717) is 12.3 Å². The zero-order valence-electron chi connectivity index (χ0n) is 20.2. The molecule has 1 aliphatic carbocycles. The Labute approximate surface area is 205 Å². The van der Waals surface area contributed by atoms with Gasteiger partial charge in [0.1, 0.15) is 6.04 Å². The average molecular weight is 473 g/mol. The van der Waals surface area contributed by atoms with Gasteiger partial charge < -0.3 is 5.32 Å². The highest BCUT2D eigenvalue weighted by Gasteiger charge is 2.61. The summed E-state index contributed by atoms with van der Waals surface area (Å²) in [5, 5.41) is 5.59. The summed E-state index contributed by atoms with van der Waals surface area (Å²) in [4.78, 5) is 41.8. The second-order valence-electron chi connectivity index (χ2n) is 10.5. The molecular weight excluding hydrogens is 440 g/mol. The van der Waals surface area contributed by atoms with Gasteiger partial charge in [0.2, 0.25) is 17.7 Å². The van der Waals surface area contributed by atoms with Crippen LogP contribution >= 0.6 is 0 Å². The van der Waals surface area contributed by atoms with Crippen molar-refractivity contribution in [3.8, 4) is 0 Å². The van der Waals surface area contributed by atoms with E-state index < -0.39 is 11.5 Å². The van der Waals surface area contributed by atoms with Gasteiger partial charge in [0.05, 0.1) is 5.41 Å². The molecule has 0 radical (unpaired) electrons. The van der Waals surface area contributed by atoms with Gasteiger partial charge in [-0.15, -0.1) is 0 Å². The summed E-state index contributed by atoms with van der Waals surface area (Å²) in [7, 11) is 1.94. The third kappa shape index (κ3) is 3.82. The lowest BCUT2D eigenvalue weighted by Gasteiger charge is -2.32. The van der Waals surface area contributed by atoms with Gasteiger partial charge in [-0.1, -0.05) is 24.3 Å². The van der Waals surface area contributed by atoms with Gasteiger partial charge >= 0.3 is 0 Å². The highest BCUT2D eigenvalue weighted by Crippen LogP contribution is 2.58. The van der Waals surface area contributed by atoms with Gasteiger partial charge in [0.25, 0.3) is 0 Å². The molecule has 0 bridgehead atoms. The molecule has 7 heteroatoms. The number of benzene rings is 2. The fraction of sp³-hybridized carbons (Fsp3) is 0.464. The van der Waals surface area contributed by atoms with Crippen molar-refractivity contribution in [2.45, 2.75) is 62.4 Å². The van der Waals surface area contributed by atoms with Crippen LogP contribution in [0, 0.1) is 0 Å². The van der Waals surface area contributed by atoms with Crippen molar-refractivity contribution in [1.82, 2.24) is 10.2 Å². The van der Waals surface area contributed by atoms with Crippen LogP contribution in [-0.4, -0.2) is 48.8 Å². The molecule has 2 aromatic carbocycles. The van der Waals surface area contributed by atoms with Crippen LogP contribution in [-0.2, 0) is 26.3 Å². The predicted octanol–water partition coefficient (Wildman–Crippen LogP) is 3.29. The summed E-state index contributed by atoms with van der Waals surface area (Å²) < 4.78 is 0. The van der Waals surface area contributed by atoms with Gasteiger partial charge in [0, 0.05) is 31.4 Å². The molecule has 1 atom stereocenters. The van der Waals surface area contributed by atoms with Crippen LogP contribution in [0.3, 0.4) is 0 Å². The molecule has 3 aliphatic heterocycles. The van der Waals surface area contributed by atoms with Crippen LogP contribution < -0.4 is 15.5 Å². The fourth-order valence-corrected chi connectivity index (χ4v) is 6.18. The molecule has 2 aromatic rings. The first kappa shape index (κ1) is 22.3. The number of rotatable bonds is 5. The predicted molar refractivity (Wildman–Crippen MR) is 134 cm³/mol. The Hall–Kier alpha value is -3.19. The number of nitrogens with one attached hydrogen (secondary N) is 2. The first-order valence-electron chi connectivity index (χ1n) is 12.8. The molecule has 0 aromatic heterocycles. The monoisotopic (exact) mass is 472 g/mol. The third-order valence-corrected chi connectivity index (χ3v) is 8.40. The normalized spacial score (nSPS) is 24.0. The zero-order chi connectivity index (χ0) is 24.2. The first-order chi connectivity index (χ1) is 17.0. The lowest BCUT2D eigenvalue weighted by Crippen LogP contribution is -2.54. The van der Waals surface area contributed by atoms with Gasteiger partial charge in [-0.05, 0) is 86.0 Å². The maximum Gasteiger partial charge on any atom is 0.249 e. The smallest absolute Gasteiger partial charge is 0.249 e. The van der Waals surface area contributed by atoms with E-state index in [1.54, 1.807) is 4.90 Å². The second kappa shape index (κ2) is 8.48. The summed E-state index contributed by atoms with van der Waals surface area (Å²) >= 11 is 0. The lowest BCUT2D eigenvalue weighted by molar-refractivity contribution is -0.135.